The van der Waals surface area contributed by atoms with Gasteiger partial charge in [0.05, 0.1) is 6.54 Å². The number of nitrogens with zero attached hydrogens (tertiary/aromatic N) is 1. The first-order chi connectivity index (χ1) is 5.77. The average molecular weight is 203 g/mol. The van der Waals surface area contributed by atoms with E-state index < -0.39 is 0 Å². The van der Waals surface area contributed by atoms with E-state index in [2.05, 4.69) is 5.92 Å². The fourth-order valence-electron chi connectivity index (χ4n) is 1.42. The molecule has 0 aromatic rings. The summed E-state index contributed by atoms with van der Waals surface area (Å²) in [6.45, 7) is 1.65. The number of halogens is 1. The normalized spacial score (nSPS) is 17.4. The predicted octanol–water partition coefficient (Wildman–Crippen LogP) is 0.239. The summed E-state index contributed by atoms with van der Waals surface area (Å²) in [6, 6.07) is 0. The zero-order valence-electron chi connectivity index (χ0n) is 7.53. The molecule has 2 N–H and O–H groups in total. The van der Waals surface area contributed by atoms with E-state index in [1.165, 1.54) is 0 Å². The van der Waals surface area contributed by atoms with Crippen LogP contribution in [-0.4, -0.2) is 30.4 Å². The number of hydrogen-bond acceptors (Lipinski definition) is 2. The van der Waals surface area contributed by atoms with E-state index in [1.807, 2.05) is 0 Å². The van der Waals surface area contributed by atoms with Crippen LogP contribution in [0.4, 0.5) is 0 Å². The quantitative estimate of drug-likeness (QED) is 0.620. The maximum Gasteiger partial charge on any atom is 0.236 e. The van der Waals surface area contributed by atoms with E-state index in [0.29, 0.717) is 5.92 Å². The molecule has 1 aliphatic heterocycles. The van der Waals surface area contributed by atoms with Gasteiger partial charge in [0.25, 0.3) is 0 Å². The number of piperidine rings is 1. The molecule has 0 saturated carbocycles. The third-order valence-corrected chi connectivity index (χ3v) is 2.26. The SMILES string of the molecule is C#CC1CCN(C(=O)CN)CC1.Cl. The van der Waals surface area contributed by atoms with Crippen LogP contribution in [0.5, 0.6) is 0 Å². The molecular formula is C9H15ClN2O. The van der Waals surface area contributed by atoms with E-state index >= 15 is 0 Å². The third kappa shape index (κ3) is 3.25. The maximum atomic E-state index is 11.1. The molecule has 74 valence electrons. The lowest BCUT2D eigenvalue weighted by molar-refractivity contribution is -0.130. The monoisotopic (exact) mass is 202 g/mol. The molecule has 1 amide bonds. The summed E-state index contributed by atoms with van der Waals surface area (Å²) in [5.41, 5.74) is 5.24. The molecule has 0 aliphatic carbocycles. The van der Waals surface area contributed by atoms with Crippen LogP contribution < -0.4 is 5.73 Å². The molecule has 1 rings (SSSR count). The summed E-state index contributed by atoms with van der Waals surface area (Å²) in [5.74, 6) is 3.10. The van der Waals surface area contributed by atoms with Gasteiger partial charge in [-0.2, -0.15) is 0 Å². The van der Waals surface area contributed by atoms with Crippen LogP contribution in [0, 0.1) is 18.3 Å². The fourth-order valence-corrected chi connectivity index (χ4v) is 1.42. The van der Waals surface area contributed by atoms with Crippen LogP contribution in [0.1, 0.15) is 12.8 Å². The summed E-state index contributed by atoms with van der Waals surface area (Å²) >= 11 is 0. The molecule has 1 fully saturated rings. The number of carbonyl (C=O) groups is 1. The molecule has 1 heterocycles. The van der Waals surface area contributed by atoms with E-state index in [1.54, 1.807) is 4.90 Å². The Labute approximate surface area is 85.1 Å². The number of nitrogens with two attached hydrogens (primary N) is 1. The van der Waals surface area contributed by atoms with Gasteiger partial charge in [0, 0.05) is 19.0 Å². The number of hydrogen-bond donors (Lipinski definition) is 1. The van der Waals surface area contributed by atoms with Gasteiger partial charge in [-0.25, -0.2) is 0 Å². The van der Waals surface area contributed by atoms with Gasteiger partial charge in [-0.15, -0.1) is 24.8 Å². The minimum atomic E-state index is 0. The predicted molar refractivity (Wildman–Crippen MR) is 54.4 cm³/mol. The van der Waals surface area contributed by atoms with E-state index in [9.17, 15) is 4.79 Å². The lowest BCUT2D eigenvalue weighted by Gasteiger charge is -2.29. The number of likely N-dealkylation sites (tertiary alicyclic amines) is 1. The lowest BCUT2D eigenvalue weighted by atomic mass is 9.98. The fraction of sp³-hybridized carbons (Fsp3) is 0.667. The molecular weight excluding hydrogens is 188 g/mol. The summed E-state index contributed by atoms with van der Waals surface area (Å²) in [6.07, 6.45) is 7.12. The third-order valence-electron chi connectivity index (χ3n) is 2.26. The van der Waals surface area contributed by atoms with Gasteiger partial charge in [0.15, 0.2) is 0 Å². The van der Waals surface area contributed by atoms with Crippen molar-refractivity contribution in [1.29, 1.82) is 0 Å². The van der Waals surface area contributed by atoms with Crippen molar-refractivity contribution in [3.63, 3.8) is 0 Å². The Hall–Kier alpha value is -0.720. The Morgan fingerprint density at radius 2 is 2.08 bits per heavy atom. The van der Waals surface area contributed by atoms with Crippen molar-refractivity contribution in [2.75, 3.05) is 19.6 Å². The van der Waals surface area contributed by atoms with Crippen LogP contribution in [-0.2, 0) is 4.79 Å². The zero-order chi connectivity index (χ0) is 8.97. The highest BCUT2D eigenvalue weighted by atomic mass is 35.5. The lowest BCUT2D eigenvalue weighted by Crippen LogP contribution is -2.41. The Morgan fingerprint density at radius 3 is 2.46 bits per heavy atom. The van der Waals surface area contributed by atoms with E-state index in [-0.39, 0.29) is 24.9 Å². The molecule has 1 saturated heterocycles. The van der Waals surface area contributed by atoms with Gasteiger partial charge in [-0.05, 0) is 12.8 Å². The Bertz CT molecular complexity index is 204. The minimum Gasteiger partial charge on any atom is -0.342 e. The summed E-state index contributed by atoms with van der Waals surface area (Å²) in [4.78, 5) is 12.9. The van der Waals surface area contributed by atoms with Gasteiger partial charge in [-0.1, -0.05) is 0 Å². The molecule has 13 heavy (non-hydrogen) atoms. The molecule has 0 spiro atoms. The molecule has 4 heteroatoms. The van der Waals surface area contributed by atoms with Gasteiger partial charge >= 0.3 is 0 Å². The van der Waals surface area contributed by atoms with Crippen molar-refractivity contribution in [1.82, 2.24) is 4.90 Å². The molecule has 0 bridgehead atoms. The summed E-state index contributed by atoms with van der Waals surface area (Å²) in [7, 11) is 0. The molecule has 0 aromatic heterocycles. The molecule has 0 aromatic carbocycles. The average Bonchev–Trinajstić information content (AvgIpc) is 2.17. The van der Waals surface area contributed by atoms with Gasteiger partial charge in [-0.3, -0.25) is 4.79 Å². The van der Waals surface area contributed by atoms with Gasteiger partial charge in [0.2, 0.25) is 5.91 Å². The number of terminal acetylenes is 1. The first kappa shape index (κ1) is 12.3. The van der Waals surface area contributed by atoms with Crippen LogP contribution in [0.3, 0.4) is 0 Å². The van der Waals surface area contributed by atoms with E-state index in [0.717, 1.165) is 25.9 Å². The van der Waals surface area contributed by atoms with Crippen molar-refractivity contribution in [2.45, 2.75) is 12.8 Å². The van der Waals surface area contributed by atoms with Crippen LogP contribution in [0.15, 0.2) is 0 Å². The molecule has 0 atom stereocenters. The second-order valence-corrected chi connectivity index (χ2v) is 3.03. The Kier molecular flexibility index (Phi) is 5.52. The second-order valence-electron chi connectivity index (χ2n) is 3.03. The Morgan fingerprint density at radius 1 is 1.54 bits per heavy atom. The zero-order valence-corrected chi connectivity index (χ0v) is 8.35. The molecule has 1 aliphatic rings. The first-order valence-corrected chi connectivity index (χ1v) is 4.22. The van der Waals surface area contributed by atoms with Crippen molar-refractivity contribution in [2.24, 2.45) is 11.7 Å². The summed E-state index contributed by atoms with van der Waals surface area (Å²) < 4.78 is 0. The smallest absolute Gasteiger partial charge is 0.236 e. The van der Waals surface area contributed by atoms with Crippen molar-refractivity contribution < 1.29 is 4.79 Å². The van der Waals surface area contributed by atoms with Crippen molar-refractivity contribution >= 4 is 18.3 Å². The van der Waals surface area contributed by atoms with Crippen molar-refractivity contribution in [3.05, 3.63) is 0 Å². The van der Waals surface area contributed by atoms with E-state index in [4.69, 9.17) is 12.2 Å². The topological polar surface area (TPSA) is 46.3 Å². The van der Waals surface area contributed by atoms with Gasteiger partial charge < -0.3 is 10.6 Å². The first-order valence-electron chi connectivity index (χ1n) is 4.22. The largest absolute Gasteiger partial charge is 0.342 e. The Balaban J connectivity index is 0.00000144. The molecule has 0 unspecified atom stereocenters. The van der Waals surface area contributed by atoms with Crippen LogP contribution >= 0.6 is 12.4 Å². The standard InChI is InChI=1S/C9H14N2O.ClH/c1-2-8-3-5-11(6-4-8)9(12)7-10;/h1,8H,3-7,10H2;1H. The minimum absolute atomic E-state index is 0. The van der Waals surface area contributed by atoms with Crippen molar-refractivity contribution in [3.8, 4) is 12.3 Å². The highest BCUT2D eigenvalue weighted by molar-refractivity contribution is 5.85. The number of carbonyl (C=O) groups excluding carboxylic acids is 1. The highest BCUT2D eigenvalue weighted by Gasteiger charge is 2.19. The highest BCUT2D eigenvalue weighted by Crippen LogP contribution is 2.15. The second kappa shape index (κ2) is 5.85. The number of amides is 1. The van der Waals surface area contributed by atoms with Crippen LogP contribution in [0.2, 0.25) is 0 Å². The van der Waals surface area contributed by atoms with Crippen LogP contribution in [0.25, 0.3) is 0 Å². The maximum absolute atomic E-state index is 11.1. The van der Waals surface area contributed by atoms with Gasteiger partial charge in [0.1, 0.15) is 0 Å². The molecule has 0 radical (unpaired) electrons. The number of rotatable bonds is 1. The molecule has 3 nitrogen and oxygen atoms in total. The summed E-state index contributed by atoms with van der Waals surface area (Å²) in [5, 5.41) is 0.